The number of pyridine rings is 1. The summed E-state index contributed by atoms with van der Waals surface area (Å²) in [5.41, 5.74) is 1.96. The fourth-order valence-electron chi connectivity index (χ4n) is 3.14. The predicted molar refractivity (Wildman–Crippen MR) is 96.7 cm³/mol. The first-order valence-corrected chi connectivity index (χ1v) is 9.42. The van der Waals surface area contributed by atoms with Crippen molar-refractivity contribution in [2.75, 3.05) is 12.9 Å². The SMILES string of the molecule is COc1cccc2c(C)cc(SCC(=O)OC3CCCCC3)nc12. The number of aromatic nitrogens is 1. The number of carbonyl (C=O) groups is 1. The largest absolute Gasteiger partial charge is 0.494 e. The molecule has 0 atom stereocenters. The van der Waals surface area contributed by atoms with Crippen LogP contribution in [0.2, 0.25) is 0 Å². The van der Waals surface area contributed by atoms with Crippen LogP contribution in [0.15, 0.2) is 29.3 Å². The highest BCUT2D eigenvalue weighted by molar-refractivity contribution is 7.99. The molecule has 0 aliphatic heterocycles. The monoisotopic (exact) mass is 345 g/mol. The Bertz CT molecular complexity index is 726. The number of nitrogens with zero attached hydrogens (tertiary/aromatic N) is 1. The number of fused-ring (bicyclic) bond motifs is 1. The summed E-state index contributed by atoms with van der Waals surface area (Å²) in [6, 6.07) is 7.91. The van der Waals surface area contributed by atoms with E-state index in [-0.39, 0.29) is 12.1 Å². The molecule has 0 bridgehead atoms. The molecule has 5 heteroatoms. The Hall–Kier alpha value is -1.75. The highest BCUT2D eigenvalue weighted by Crippen LogP contribution is 2.30. The molecule has 1 saturated carbocycles. The van der Waals surface area contributed by atoms with E-state index in [9.17, 15) is 4.79 Å². The maximum atomic E-state index is 12.1. The van der Waals surface area contributed by atoms with Crippen LogP contribution in [-0.4, -0.2) is 29.9 Å². The number of esters is 1. The van der Waals surface area contributed by atoms with E-state index in [1.807, 2.05) is 31.2 Å². The molecule has 1 aromatic heterocycles. The number of para-hydroxylation sites is 1. The average molecular weight is 345 g/mol. The molecule has 0 N–H and O–H groups in total. The van der Waals surface area contributed by atoms with Gasteiger partial charge in [0.2, 0.25) is 0 Å². The highest BCUT2D eigenvalue weighted by atomic mass is 32.2. The number of hydrogen-bond acceptors (Lipinski definition) is 5. The van der Waals surface area contributed by atoms with Gasteiger partial charge in [0.25, 0.3) is 0 Å². The molecule has 128 valence electrons. The summed E-state index contributed by atoms with van der Waals surface area (Å²) in [6.07, 6.45) is 5.69. The fourth-order valence-corrected chi connectivity index (χ4v) is 3.89. The van der Waals surface area contributed by atoms with Gasteiger partial charge in [-0.05, 0) is 50.3 Å². The topological polar surface area (TPSA) is 48.4 Å². The first kappa shape index (κ1) is 17.1. The quantitative estimate of drug-likeness (QED) is 0.589. The van der Waals surface area contributed by atoms with Crippen molar-refractivity contribution in [1.82, 2.24) is 4.98 Å². The molecule has 3 rings (SSSR count). The minimum absolute atomic E-state index is 0.109. The van der Waals surface area contributed by atoms with E-state index in [1.165, 1.54) is 18.2 Å². The van der Waals surface area contributed by atoms with Crippen molar-refractivity contribution in [2.45, 2.75) is 50.2 Å². The third-order valence-corrected chi connectivity index (χ3v) is 5.28. The van der Waals surface area contributed by atoms with Crippen molar-refractivity contribution in [3.63, 3.8) is 0 Å². The van der Waals surface area contributed by atoms with Gasteiger partial charge in [-0.1, -0.05) is 30.3 Å². The van der Waals surface area contributed by atoms with E-state index < -0.39 is 0 Å². The third-order valence-electron chi connectivity index (χ3n) is 4.39. The molecule has 0 spiro atoms. The highest BCUT2D eigenvalue weighted by Gasteiger charge is 2.18. The summed E-state index contributed by atoms with van der Waals surface area (Å²) in [5.74, 6) is 0.901. The first-order valence-electron chi connectivity index (χ1n) is 8.44. The van der Waals surface area contributed by atoms with Crippen LogP contribution in [-0.2, 0) is 9.53 Å². The zero-order chi connectivity index (χ0) is 16.9. The standard InChI is InChI=1S/C19H23NO3S/c1-13-11-17(20-19-15(13)9-6-10-16(19)22-2)24-12-18(21)23-14-7-4-3-5-8-14/h6,9-11,14H,3-5,7-8,12H2,1-2H3. The molecule has 1 aromatic carbocycles. The summed E-state index contributed by atoms with van der Waals surface area (Å²) in [7, 11) is 1.65. The van der Waals surface area contributed by atoms with E-state index in [0.717, 1.165) is 52.9 Å². The number of hydrogen-bond donors (Lipinski definition) is 0. The van der Waals surface area contributed by atoms with Gasteiger partial charge >= 0.3 is 5.97 Å². The fraction of sp³-hybridized carbons (Fsp3) is 0.474. The van der Waals surface area contributed by atoms with Gasteiger partial charge in [-0.15, -0.1) is 0 Å². The third kappa shape index (κ3) is 4.01. The summed E-state index contributed by atoms with van der Waals surface area (Å²) in [4.78, 5) is 16.7. The Kier molecular flexibility index (Phi) is 5.61. The predicted octanol–water partition coefficient (Wildman–Crippen LogP) is 4.52. The molecule has 2 aromatic rings. The minimum atomic E-state index is -0.147. The smallest absolute Gasteiger partial charge is 0.316 e. The molecular formula is C19H23NO3S. The van der Waals surface area contributed by atoms with Crippen molar-refractivity contribution in [3.8, 4) is 5.75 Å². The van der Waals surface area contributed by atoms with E-state index in [0.29, 0.717) is 5.75 Å². The normalized spacial score (nSPS) is 15.4. The van der Waals surface area contributed by atoms with Crippen LogP contribution in [0.5, 0.6) is 5.75 Å². The summed E-state index contributed by atoms with van der Waals surface area (Å²) in [5, 5.41) is 1.90. The maximum Gasteiger partial charge on any atom is 0.316 e. The first-order chi connectivity index (χ1) is 11.7. The number of benzene rings is 1. The number of aryl methyl sites for hydroxylation is 1. The van der Waals surface area contributed by atoms with Gasteiger partial charge in [0.05, 0.1) is 17.9 Å². The van der Waals surface area contributed by atoms with Crippen molar-refractivity contribution < 1.29 is 14.3 Å². The Labute approximate surface area is 146 Å². The Morgan fingerprint density at radius 2 is 2.08 bits per heavy atom. The molecule has 4 nitrogen and oxygen atoms in total. The lowest BCUT2D eigenvalue weighted by Crippen LogP contribution is -2.21. The second kappa shape index (κ2) is 7.88. The zero-order valence-electron chi connectivity index (χ0n) is 14.2. The van der Waals surface area contributed by atoms with Crippen molar-refractivity contribution >= 4 is 28.6 Å². The van der Waals surface area contributed by atoms with Crippen LogP contribution in [0.4, 0.5) is 0 Å². The van der Waals surface area contributed by atoms with Crippen molar-refractivity contribution in [1.29, 1.82) is 0 Å². The van der Waals surface area contributed by atoms with Crippen LogP contribution >= 0.6 is 11.8 Å². The molecular weight excluding hydrogens is 322 g/mol. The lowest BCUT2D eigenvalue weighted by Gasteiger charge is -2.21. The summed E-state index contributed by atoms with van der Waals surface area (Å²) >= 11 is 1.42. The average Bonchev–Trinajstić information content (AvgIpc) is 2.60. The summed E-state index contributed by atoms with van der Waals surface area (Å²) in [6.45, 7) is 2.05. The Balaban J connectivity index is 1.67. The van der Waals surface area contributed by atoms with E-state index in [1.54, 1.807) is 7.11 Å². The molecule has 1 aliphatic rings. The van der Waals surface area contributed by atoms with Gasteiger partial charge in [-0.2, -0.15) is 0 Å². The minimum Gasteiger partial charge on any atom is -0.494 e. The van der Waals surface area contributed by atoms with E-state index in [4.69, 9.17) is 9.47 Å². The number of rotatable bonds is 5. The van der Waals surface area contributed by atoms with Crippen LogP contribution < -0.4 is 4.74 Å². The zero-order valence-corrected chi connectivity index (χ0v) is 15.0. The number of thioether (sulfide) groups is 1. The van der Waals surface area contributed by atoms with Crippen molar-refractivity contribution in [2.24, 2.45) is 0 Å². The molecule has 1 fully saturated rings. The van der Waals surface area contributed by atoms with Crippen LogP contribution in [0.3, 0.4) is 0 Å². The van der Waals surface area contributed by atoms with Gasteiger partial charge in [0.15, 0.2) is 0 Å². The number of methoxy groups -OCH3 is 1. The van der Waals surface area contributed by atoms with Gasteiger partial charge in [0.1, 0.15) is 17.4 Å². The van der Waals surface area contributed by atoms with Gasteiger partial charge in [-0.3, -0.25) is 4.79 Å². The Morgan fingerprint density at radius 3 is 2.83 bits per heavy atom. The van der Waals surface area contributed by atoms with Crippen LogP contribution in [0.1, 0.15) is 37.7 Å². The lowest BCUT2D eigenvalue weighted by atomic mass is 9.98. The summed E-state index contributed by atoms with van der Waals surface area (Å²) < 4.78 is 11.0. The number of carbonyl (C=O) groups excluding carboxylic acids is 1. The molecule has 1 heterocycles. The molecule has 0 unspecified atom stereocenters. The molecule has 0 radical (unpaired) electrons. The molecule has 0 amide bonds. The molecule has 24 heavy (non-hydrogen) atoms. The number of ether oxygens (including phenoxy) is 2. The van der Waals surface area contributed by atoms with Crippen LogP contribution in [0.25, 0.3) is 10.9 Å². The van der Waals surface area contributed by atoms with Crippen LogP contribution in [0, 0.1) is 6.92 Å². The van der Waals surface area contributed by atoms with E-state index >= 15 is 0 Å². The van der Waals surface area contributed by atoms with Gasteiger partial charge in [0, 0.05) is 5.39 Å². The maximum absolute atomic E-state index is 12.1. The van der Waals surface area contributed by atoms with Gasteiger partial charge < -0.3 is 9.47 Å². The van der Waals surface area contributed by atoms with Gasteiger partial charge in [-0.25, -0.2) is 4.98 Å². The second-order valence-corrected chi connectivity index (χ2v) is 7.17. The molecule has 1 aliphatic carbocycles. The van der Waals surface area contributed by atoms with Crippen molar-refractivity contribution in [3.05, 3.63) is 29.8 Å². The molecule has 0 saturated heterocycles. The van der Waals surface area contributed by atoms with E-state index in [2.05, 4.69) is 4.98 Å². The lowest BCUT2D eigenvalue weighted by molar-refractivity contribution is -0.147. The second-order valence-electron chi connectivity index (χ2n) is 6.17. The Morgan fingerprint density at radius 1 is 1.29 bits per heavy atom.